The zero-order valence-corrected chi connectivity index (χ0v) is 7.20. The third-order valence-electron chi connectivity index (χ3n) is 1.57. The lowest BCUT2D eigenvalue weighted by molar-refractivity contribution is 0.0660. The van der Waals surface area contributed by atoms with Crippen molar-refractivity contribution in [3.05, 3.63) is 23.7 Å². The van der Waals surface area contributed by atoms with Gasteiger partial charge in [-0.3, -0.25) is 0 Å². The van der Waals surface area contributed by atoms with E-state index in [0.29, 0.717) is 5.92 Å². The van der Waals surface area contributed by atoms with E-state index >= 15 is 0 Å². The lowest BCUT2D eigenvalue weighted by atomic mass is 10.0. The smallest absolute Gasteiger partial charge is 0.372 e. The predicted octanol–water partition coefficient (Wildman–Crippen LogP) is 2.18. The molecular formula is C9H12O3. The summed E-state index contributed by atoms with van der Waals surface area (Å²) in [6.07, 6.45) is 2.17. The maximum absolute atomic E-state index is 10.6. The SMILES string of the molecule is CC(C)Cc1ccoc1C(=O)O. The van der Waals surface area contributed by atoms with E-state index in [1.807, 2.05) is 13.8 Å². The summed E-state index contributed by atoms with van der Waals surface area (Å²) in [6.45, 7) is 4.08. The molecule has 0 spiro atoms. The number of carbonyl (C=O) groups is 1. The first-order valence-corrected chi connectivity index (χ1v) is 3.91. The quantitative estimate of drug-likeness (QED) is 0.752. The molecule has 3 nitrogen and oxygen atoms in total. The van der Waals surface area contributed by atoms with Gasteiger partial charge in [-0.15, -0.1) is 0 Å². The summed E-state index contributed by atoms with van der Waals surface area (Å²) in [5.74, 6) is -0.472. The molecule has 0 fully saturated rings. The molecule has 1 heterocycles. The summed E-state index contributed by atoms with van der Waals surface area (Å²) in [5.41, 5.74) is 0.775. The molecule has 0 amide bonds. The minimum Gasteiger partial charge on any atom is -0.475 e. The normalized spacial score (nSPS) is 10.6. The van der Waals surface area contributed by atoms with Crippen LogP contribution in [0, 0.1) is 5.92 Å². The van der Waals surface area contributed by atoms with Crippen LogP contribution in [0.15, 0.2) is 16.7 Å². The summed E-state index contributed by atoms with van der Waals surface area (Å²) >= 11 is 0. The third kappa shape index (κ3) is 1.87. The fourth-order valence-corrected chi connectivity index (χ4v) is 1.12. The zero-order valence-electron chi connectivity index (χ0n) is 7.20. The summed E-state index contributed by atoms with van der Waals surface area (Å²) < 4.78 is 4.83. The van der Waals surface area contributed by atoms with Gasteiger partial charge in [0.2, 0.25) is 5.76 Å². The molecule has 1 N–H and O–H groups in total. The second kappa shape index (κ2) is 3.43. The van der Waals surface area contributed by atoms with Crippen LogP contribution in [0.2, 0.25) is 0 Å². The van der Waals surface area contributed by atoms with Crippen molar-refractivity contribution in [1.29, 1.82) is 0 Å². The van der Waals surface area contributed by atoms with Crippen molar-refractivity contribution in [3.63, 3.8) is 0 Å². The van der Waals surface area contributed by atoms with E-state index in [9.17, 15) is 4.79 Å². The van der Waals surface area contributed by atoms with E-state index in [2.05, 4.69) is 0 Å². The Morgan fingerprint density at radius 2 is 2.33 bits per heavy atom. The summed E-state index contributed by atoms with van der Waals surface area (Å²) in [4.78, 5) is 10.6. The molecule has 0 aromatic carbocycles. The maximum Gasteiger partial charge on any atom is 0.372 e. The number of hydrogen-bond acceptors (Lipinski definition) is 2. The molecule has 1 aromatic rings. The topological polar surface area (TPSA) is 50.4 Å². The summed E-state index contributed by atoms with van der Waals surface area (Å²) in [6, 6.07) is 1.71. The highest BCUT2D eigenvalue weighted by Gasteiger charge is 2.14. The predicted molar refractivity (Wildman–Crippen MR) is 44.2 cm³/mol. The monoisotopic (exact) mass is 168 g/mol. The second-order valence-corrected chi connectivity index (χ2v) is 3.18. The van der Waals surface area contributed by atoms with Crippen molar-refractivity contribution < 1.29 is 14.3 Å². The van der Waals surface area contributed by atoms with Gasteiger partial charge in [0.1, 0.15) is 0 Å². The Bertz CT molecular complexity index is 273. The van der Waals surface area contributed by atoms with E-state index in [4.69, 9.17) is 9.52 Å². The van der Waals surface area contributed by atoms with Crippen LogP contribution in [-0.4, -0.2) is 11.1 Å². The Morgan fingerprint density at radius 1 is 1.67 bits per heavy atom. The zero-order chi connectivity index (χ0) is 9.14. The first-order valence-electron chi connectivity index (χ1n) is 3.91. The molecule has 66 valence electrons. The molecule has 0 bridgehead atoms. The van der Waals surface area contributed by atoms with Crippen molar-refractivity contribution >= 4 is 5.97 Å². The van der Waals surface area contributed by atoms with Gasteiger partial charge in [-0.25, -0.2) is 4.79 Å². The highest BCUT2D eigenvalue weighted by Crippen LogP contribution is 2.14. The van der Waals surface area contributed by atoms with Gasteiger partial charge in [0, 0.05) is 5.56 Å². The molecular weight excluding hydrogens is 156 g/mol. The highest BCUT2D eigenvalue weighted by molar-refractivity contribution is 5.86. The van der Waals surface area contributed by atoms with Gasteiger partial charge in [-0.2, -0.15) is 0 Å². The van der Waals surface area contributed by atoms with Gasteiger partial charge in [0.05, 0.1) is 6.26 Å². The third-order valence-corrected chi connectivity index (χ3v) is 1.57. The first-order chi connectivity index (χ1) is 5.61. The number of carboxylic acid groups (broad SMARTS) is 1. The van der Waals surface area contributed by atoms with Crippen molar-refractivity contribution in [2.75, 3.05) is 0 Å². The molecule has 0 aliphatic carbocycles. The van der Waals surface area contributed by atoms with E-state index in [1.165, 1.54) is 6.26 Å². The Hall–Kier alpha value is -1.25. The van der Waals surface area contributed by atoms with Gasteiger partial charge in [-0.05, 0) is 18.4 Å². The van der Waals surface area contributed by atoms with Crippen molar-refractivity contribution in [1.82, 2.24) is 0 Å². The van der Waals surface area contributed by atoms with Crippen LogP contribution in [0.25, 0.3) is 0 Å². The average Bonchev–Trinajstić information content (AvgIpc) is 2.33. The van der Waals surface area contributed by atoms with Crippen molar-refractivity contribution in [2.24, 2.45) is 5.92 Å². The molecule has 0 saturated carbocycles. The molecule has 0 aliphatic rings. The van der Waals surface area contributed by atoms with Crippen LogP contribution in [0.4, 0.5) is 0 Å². The van der Waals surface area contributed by atoms with E-state index in [-0.39, 0.29) is 5.76 Å². The van der Waals surface area contributed by atoms with Gasteiger partial charge in [0.25, 0.3) is 0 Å². The van der Waals surface area contributed by atoms with Gasteiger partial charge in [0.15, 0.2) is 0 Å². The van der Waals surface area contributed by atoms with Crippen LogP contribution in [0.3, 0.4) is 0 Å². The van der Waals surface area contributed by atoms with Crippen LogP contribution < -0.4 is 0 Å². The van der Waals surface area contributed by atoms with Crippen LogP contribution >= 0.6 is 0 Å². The lowest BCUT2D eigenvalue weighted by Gasteiger charge is -2.01. The van der Waals surface area contributed by atoms with Crippen LogP contribution in [0.5, 0.6) is 0 Å². The maximum atomic E-state index is 10.6. The van der Waals surface area contributed by atoms with Crippen LogP contribution in [0.1, 0.15) is 30.0 Å². The number of hydrogen-bond donors (Lipinski definition) is 1. The molecule has 1 aromatic heterocycles. The molecule has 0 radical (unpaired) electrons. The van der Waals surface area contributed by atoms with E-state index in [0.717, 1.165) is 12.0 Å². The molecule has 1 rings (SSSR count). The molecule has 3 heteroatoms. The van der Waals surface area contributed by atoms with Gasteiger partial charge < -0.3 is 9.52 Å². The van der Waals surface area contributed by atoms with Crippen LogP contribution in [-0.2, 0) is 6.42 Å². The molecule has 0 aliphatic heterocycles. The molecule has 0 atom stereocenters. The Balaban J connectivity index is 2.84. The van der Waals surface area contributed by atoms with Gasteiger partial charge >= 0.3 is 5.97 Å². The van der Waals surface area contributed by atoms with Gasteiger partial charge in [-0.1, -0.05) is 13.8 Å². The fourth-order valence-electron chi connectivity index (χ4n) is 1.12. The van der Waals surface area contributed by atoms with E-state index in [1.54, 1.807) is 6.07 Å². The highest BCUT2D eigenvalue weighted by atomic mass is 16.4. The molecule has 0 saturated heterocycles. The minimum absolute atomic E-state index is 0.0729. The Morgan fingerprint density at radius 3 is 2.83 bits per heavy atom. The van der Waals surface area contributed by atoms with Crippen molar-refractivity contribution in [2.45, 2.75) is 20.3 Å². The largest absolute Gasteiger partial charge is 0.475 e. The van der Waals surface area contributed by atoms with Crippen molar-refractivity contribution in [3.8, 4) is 0 Å². The number of carboxylic acids is 1. The minimum atomic E-state index is -0.990. The summed E-state index contributed by atoms with van der Waals surface area (Å²) in [5, 5.41) is 8.67. The van der Waals surface area contributed by atoms with E-state index < -0.39 is 5.97 Å². The summed E-state index contributed by atoms with van der Waals surface area (Å²) in [7, 11) is 0. The molecule has 0 unspecified atom stereocenters. The number of furan rings is 1. The Kier molecular flexibility index (Phi) is 2.53. The lowest BCUT2D eigenvalue weighted by Crippen LogP contribution is -2.01. The fraction of sp³-hybridized carbons (Fsp3) is 0.444. The Labute approximate surface area is 71.0 Å². The molecule has 12 heavy (non-hydrogen) atoms. The second-order valence-electron chi connectivity index (χ2n) is 3.18. The number of aromatic carboxylic acids is 1. The first kappa shape index (κ1) is 8.84. The standard InChI is InChI=1S/C9H12O3/c1-6(2)5-7-3-4-12-8(7)9(10)11/h3-4,6H,5H2,1-2H3,(H,10,11). The number of rotatable bonds is 3. The average molecular weight is 168 g/mol.